The van der Waals surface area contributed by atoms with Gasteiger partial charge in [-0.15, -0.1) is 0 Å². The number of aliphatic hydroxyl groups excluding tert-OH is 1. The minimum absolute atomic E-state index is 0.114. The first-order valence-corrected chi connectivity index (χ1v) is 7.91. The molecule has 0 spiro atoms. The molecule has 0 bridgehead atoms. The van der Waals surface area contributed by atoms with Crippen LogP contribution in [0.3, 0.4) is 0 Å². The maximum absolute atomic E-state index is 9.40. The fourth-order valence-corrected chi connectivity index (χ4v) is 2.75. The summed E-state index contributed by atoms with van der Waals surface area (Å²) >= 11 is 0. The highest BCUT2D eigenvalue weighted by Gasteiger charge is 2.14. The number of aromatic nitrogens is 4. The SMILES string of the molecule is Cn1cc(CN(CCO)Cc2cccnc2)c(-c2cccnc2)n1. The molecule has 0 saturated carbocycles. The highest BCUT2D eigenvalue weighted by atomic mass is 16.3. The van der Waals surface area contributed by atoms with E-state index in [0.29, 0.717) is 13.1 Å². The Morgan fingerprint density at radius 1 is 1.08 bits per heavy atom. The second-order valence-electron chi connectivity index (χ2n) is 5.71. The highest BCUT2D eigenvalue weighted by molar-refractivity contribution is 5.61. The Kier molecular flexibility index (Phi) is 5.30. The molecule has 24 heavy (non-hydrogen) atoms. The van der Waals surface area contributed by atoms with Crippen LogP contribution in [0.15, 0.2) is 55.2 Å². The first-order valence-electron chi connectivity index (χ1n) is 7.91. The number of rotatable bonds is 7. The maximum atomic E-state index is 9.40. The molecule has 0 aromatic carbocycles. The van der Waals surface area contributed by atoms with Gasteiger partial charge in [-0.2, -0.15) is 5.10 Å². The quantitative estimate of drug-likeness (QED) is 0.719. The Hall–Kier alpha value is -2.57. The molecule has 6 nitrogen and oxygen atoms in total. The van der Waals surface area contributed by atoms with Crippen LogP contribution in [0.1, 0.15) is 11.1 Å². The van der Waals surface area contributed by atoms with E-state index in [4.69, 9.17) is 0 Å². The fourth-order valence-electron chi connectivity index (χ4n) is 2.75. The Bertz CT molecular complexity index is 758. The van der Waals surface area contributed by atoms with Gasteiger partial charge < -0.3 is 5.11 Å². The molecule has 0 radical (unpaired) electrons. The summed E-state index contributed by atoms with van der Waals surface area (Å²) in [5, 5.41) is 14.0. The summed E-state index contributed by atoms with van der Waals surface area (Å²) in [6, 6.07) is 7.89. The smallest absolute Gasteiger partial charge is 0.0983 e. The van der Waals surface area contributed by atoms with Gasteiger partial charge in [-0.3, -0.25) is 19.5 Å². The Morgan fingerprint density at radius 2 is 1.88 bits per heavy atom. The van der Waals surface area contributed by atoms with Crippen molar-refractivity contribution in [2.24, 2.45) is 7.05 Å². The van der Waals surface area contributed by atoms with E-state index in [9.17, 15) is 5.11 Å². The predicted molar refractivity (Wildman–Crippen MR) is 91.9 cm³/mol. The summed E-state index contributed by atoms with van der Waals surface area (Å²) in [5.74, 6) is 0. The van der Waals surface area contributed by atoms with Crippen LogP contribution in [0.25, 0.3) is 11.3 Å². The summed E-state index contributed by atoms with van der Waals surface area (Å²) in [6.07, 6.45) is 9.23. The van der Waals surface area contributed by atoms with Crippen LogP contribution in [0, 0.1) is 0 Å². The van der Waals surface area contributed by atoms with E-state index < -0.39 is 0 Å². The minimum Gasteiger partial charge on any atom is -0.395 e. The van der Waals surface area contributed by atoms with Gasteiger partial charge in [0, 0.05) is 68.8 Å². The van der Waals surface area contributed by atoms with Gasteiger partial charge in [0.25, 0.3) is 0 Å². The van der Waals surface area contributed by atoms with Crippen molar-refractivity contribution < 1.29 is 5.11 Å². The first-order chi connectivity index (χ1) is 11.8. The highest BCUT2D eigenvalue weighted by Crippen LogP contribution is 2.22. The van der Waals surface area contributed by atoms with Crippen molar-refractivity contribution >= 4 is 0 Å². The third-order valence-electron chi connectivity index (χ3n) is 3.78. The molecular weight excluding hydrogens is 302 g/mol. The summed E-state index contributed by atoms with van der Waals surface area (Å²) < 4.78 is 1.82. The third kappa shape index (κ3) is 4.04. The van der Waals surface area contributed by atoms with E-state index >= 15 is 0 Å². The van der Waals surface area contributed by atoms with Crippen LogP contribution in [0.2, 0.25) is 0 Å². The standard InChI is InChI=1S/C18H21N5O/c1-22-13-17(18(21-22)16-5-3-7-20-11-16)14-23(8-9-24)12-15-4-2-6-19-10-15/h2-7,10-11,13,24H,8-9,12,14H2,1H3. The molecule has 6 heteroatoms. The van der Waals surface area contributed by atoms with E-state index in [1.165, 1.54) is 0 Å². The van der Waals surface area contributed by atoms with Crippen molar-refractivity contribution in [3.8, 4) is 11.3 Å². The van der Waals surface area contributed by atoms with Gasteiger partial charge in [0.1, 0.15) is 0 Å². The number of pyridine rings is 2. The van der Waals surface area contributed by atoms with Crippen molar-refractivity contribution in [3.63, 3.8) is 0 Å². The lowest BCUT2D eigenvalue weighted by atomic mass is 10.1. The van der Waals surface area contributed by atoms with E-state index in [2.05, 4.69) is 20.0 Å². The molecule has 0 aliphatic rings. The zero-order valence-electron chi connectivity index (χ0n) is 13.7. The second kappa shape index (κ2) is 7.81. The maximum Gasteiger partial charge on any atom is 0.0983 e. The van der Waals surface area contributed by atoms with Crippen LogP contribution < -0.4 is 0 Å². The van der Waals surface area contributed by atoms with Crippen LogP contribution in [-0.4, -0.2) is 42.9 Å². The number of hydrogen-bond donors (Lipinski definition) is 1. The number of hydrogen-bond acceptors (Lipinski definition) is 5. The molecular formula is C18H21N5O. The Balaban J connectivity index is 1.82. The first kappa shape index (κ1) is 16.3. The number of nitrogens with zero attached hydrogens (tertiary/aromatic N) is 5. The average Bonchev–Trinajstić information content (AvgIpc) is 2.97. The predicted octanol–water partition coefficient (Wildman–Crippen LogP) is 1.87. The van der Waals surface area contributed by atoms with E-state index in [0.717, 1.165) is 28.9 Å². The zero-order valence-corrected chi connectivity index (χ0v) is 13.7. The van der Waals surface area contributed by atoms with Crippen molar-refractivity contribution in [3.05, 3.63) is 66.4 Å². The number of aliphatic hydroxyl groups is 1. The van der Waals surface area contributed by atoms with Crippen molar-refractivity contribution in [2.45, 2.75) is 13.1 Å². The largest absolute Gasteiger partial charge is 0.395 e. The molecule has 0 amide bonds. The molecule has 3 rings (SSSR count). The molecule has 3 aromatic heterocycles. The van der Waals surface area contributed by atoms with Crippen molar-refractivity contribution in [1.29, 1.82) is 0 Å². The molecule has 0 aliphatic carbocycles. The van der Waals surface area contributed by atoms with Gasteiger partial charge in [0.15, 0.2) is 0 Å². The molecule has 0 fully saturated rings. The second-order valence-corrected chi connectivity index (χ2v) is 5.71. The monoisotopic (exact) mass is 323 g/mol. The molecule has 3 heterocycles. The van der Waals surface area contributed by atoms with Gasteiger partial charge in [-0.25, -0.2) is 0 Å². The molecule has 0 unspecified atom stereocenters. The molecule has 124 valence electrons. The van der Waals surface area contributed by atoms with Crippen LogP contribution in [0.5, 0.6) is 0 Å². The summed E-state index contributed by atoms with van der Waals surface area (Å²) in [4.78, 5) is 10.5. The summed E-state index contributed by atoms with van der Waals surface area (Å²) in [6.45, 7) is 2.14. The normalized spacial score (nSPS) is 11.1. The summed E-state index contributed by atoms with van der Waals surface area (Å²) in [5.41, 5.74) is 4.17. The van der Waals surface area contributed by atoms with Gasteiger partial charge in [-0.05, 0) is 23.8 Å². The average molecular weight is 323 g/mol. The fraction of sp³-hybridized carbons (Fsp3) is 0.278. The lowest BCUT2D eigenvalue weighted by Gasteiger charge is -2.21. The molecule has 3 aromatic rings. The Morgan fingerprint density at radius 3 is 2.54 bits per heavy atom. The lowest BCUT2D eigenvalue weighted by molar-refractivity contribution is 0.184. The van der Waals surface area contributed by atoms with Gasteiger partial charge >= 0.3 is 0 Å². The van der Waals surface area contributed by atoms with Crippen LogP contribution >= 0.6 is 0 Å². The van der Waals surface area contributed by atoms with Gasteiger partial charge in [0.2, 0.25) is 0 Å². The van der Waals surface area contributed by atoms with E-state index in [1.807, 2.05) is 54.6 Å². The van der Waals surface area contributed by atoms with Gasteiger partial charge in [-0.1, -0.05) is 6.07 Å². The van der Waals surface area contributed by atoms with E-state index in [1.54, 1.807) is 12.4 Å². The zero-order chi connectivity index (χ0) is 16.8. The summed E-state index contributed by atoms with van der Waals surface area (Å²) in [7, 11) is 1.92. The number of aryl methyl sites for hydroxylation is 1. The minimum atomic E-state index is 0.114. The molecule has 0 saturated heterocycles. The van der Waals surface area contributed by atoms with E-state index in [-0.39, 0.29) is 6.61 Å². The molecule has 0 atom stereocenters. The van der Waals surface area contributed by atoms with Crippen LogP contribution in [0.4, 0.5) is 0 Å². The van der Waals surface area contributed by atoms with Gasteiger partial charge in [0.05, 0.1) is 12.3 Å². The topological polar surface area (TPSA) is 67.1 Å². The van der Waals surface area contributed by atoms with Crippen LogP contribution in [-0.2, 0) is 20.1 Å². The van der Waals surface area contributed by atoms with Crippen molar-refractivity contribution in [2.75, 3.05) is 13.2 Å². The van der Waals surface area contributed by atoms with Crippen molar-refractivity contribution in [1.82, 2.24) is 24.6 Å². The lowest BCUT2D eigenvalue weighted by Crippen LogP contribution is -2.26. The Labute approximate surface area is 141 Å². The molecule has 0 aliphatic heterocycles. The third-order valence-corrected chi connectivity index (χ3v) is 3.78. The molecule has 1 N–H and O–H groups in total.